The number of nitrogens with zero attached hydrogens (tertiary/aromatic N) is 1. The minimum Gasteiger partial charge on any atom is -0.479 e. The largest absolute Gasteiger partial charge is 0.479 e. The Labute approximate surface area is 107 Å². The van der Waals surface area contributed by atoms with E-state index < -0.39 is 17.4 Å². The van der Waals surface area contributed by atoms with Crippen LogP contribution in [0.2, 0.25) is 0 Å². The molecule has 0 aromatic carbocycles. The van der Waals surface area contributed by atoms with Crippen molar-refractivity contribution in [2.24, 2.45) is 5.73 Å². The Morgan fingerprint density at radius 1 is 1.67 bits per heavy atom. The summed E-state index contributed by atoms with van der Waals surface area (Å²) in [5.74, 6) is -1.61. The number of carbonyl (C=O) groups excluding carboxylic acids is 1. The molecular weight excluding hydrogens is 258 g/mol. The number of carboxylic acid groups (broad SMARTS) is 1. The predicted octanol–water partition coefficient (Wildman–Crippen LogP) is -0.425. The highest BCUT2D eigenvalue weighted by molar-refractivity contribution is 7.09. The summed E-state index contributed by atoms with van der Waals surface area (Å²) < 4.78 is 5.05. The smallest absolute Gasteiger partial charge is 0.331 e. The van der Waals surface area contributed by atoms with Gasteiger partial charge in [0.1, 0.15) is 10.7 Å². The molecular formula is C10H13N3O4S. The zero-order valence-electron chi connectivity index (χ0n) is 9.51. The molecule has 0 radical (unpaired) electrons. The lowest BCUT2D eigenvalue weighted by Gasteiger charge is -2.22. The van der Waals surface area contributed by atoms with E-state index in [1.807, 2.05) is 0 Å². The van der Waals surface area contributed by atoms with E-state index in [0.29, 0.717) is 11.6 Å². The van der Waals surface area contributed by atoms with Crippen molar-refractivity contribution in [3.05, 3.63) is 16.1 Å². The van der Waals surface area contributed by atoms with Crippen LogP contribution in [0.3, 0.4) is 0 Å². The highest BCUT2D eigenvalue weighted by atomic mass is 32.1. The molecule has 1 aliphatic heterocycles. The van der Waals surface area contributed by atoms with Gasteiger partial charge in [0.25, 0.3) is 5.91 Å². The molecule has 18 heavy (non-hydrogen) atoms. The number of nitrogens with two attached hydrogens (primary N) is 1. The van der Waals surface area contributed by atoms with Crippen LogP contribution in [0.15, 0.2) is 5.38 Å². The first-order valence-electron chi connectivity index (χ1n) is 5.35. The molecule has 1 aliphatic rings. The van der Waals surface area contributed by atoms with Crippen LogP contribution in [0.25, 0.3) is 0 Å². The quantitative estimate of drug-likeness (QED) is 0.685. The van der Waals surface area contributed by atoms with Crippen molar-refractivity contribution >= 4 is 23.2 Å². The molecule has 8 heteroatoms. The fourth-order valence-electron chi connectivity index (χ4n) is 1.68. The Kier molecular flexibility index (Phi) is 3.60. The maximum absolute atomic E-state index is 11.9. The molecule has 1 aromatic rings. The number of thiazole rings is 1. The van der Waals surface area contributed by atoms with Crippen LogP contribution in [0.5, 0.6) is 0 Å². The van der Waals surface area contributed by atoms with E-state index in [1.54, 1.807) is 5.38 Å². The van der Waals surface area contributed by atoms with Gasteiger partial charge in [-0.05, 0) is 0 Å². The predicted molar refractivity (Wildman–Crippen MR) is 63.3 cm³/mol. The van der Waals surface area contributed by atoms with E-state index in [0.717, 1.165) is 0 Å². The minimum atomic E-state index is -1.34. The van der Waals surface area contributed by atoms with Crippen molar-refractivity contribution in [1.82, 2.24) is 10.3 Å². The molecule has 2 rings (SSSR count). The molecule has 0 saturated carbocycles. The Balaban J connectivity index is 2.12. The van der Waals surface area contributed by atoms with Crippen LogP contribution < -0.4 is 11.1 Å². The lowest BCUT2D eigenvalue weighted by molar-refractivity contribution is -0.144. The van der Waals surface area contributed by atoms with Crippen molar-refractivity contribution in [3.8, 4) is 0 Å². The molecule has 0 spiro atoms. The molecule has 2 heterocycles. The van der Waals surface area contributed by atoms with E-state index in [1.165, 1.54) is 11.3 Å². The average molecular weight is 271 g/mol. The zero-order valence-corrected chi connectivity index (χ0v) is 10.3. The van der Waals surface area contributed by atoms with Crippen molar-refractivity contribution in [2.75, 3.05) is 13.2 Å². The molecule has 1 aromatic heterocycles. The van der Waals surface area contributed by atoms with E-state index in [2.05, 4.69) is 10.3 Å². The number of carbonyl (C=O) groups is 2. The van der Waals surface area contributed by atoms with Crippen LogP contribution >= 0.6 is 11.3 Å². The molecule has 1 fully saturated rings. The van der Waals surface area contributed by atoms with E-state index in [-0.39, 0.29) is 25.3 Å². The van der Waals surface area contributed by atoms with Gasteiger partial charge in [-0.15, -0.1) is 11.3 Å². The lowest BCUT2D eigenvalue weighted by atomic mass is 9.99. The summed E-state index contributed by atoms with van der Waals surface area (Å²) in [6.45, 7) is 0.546. The molecule has 1 atom stereocenters. The van der Waals surface area contributed by atoms with Gasteiger partial charge in [-0.2, -0.15) is 0 Å². The van der Waals surface area contributed by atoms with Gasteiger partial charge >= 0.3 is 5.97 Å². The third-order valence-electron chi connectivity index (χ3n) is 2.74. The summed E-state index contributed by atoms with van der Waals surface area (Å²) in [5, 5.41) is 13.9. The van der Waals surface area contributed by atoms with Gasteiger partial charge in [0.15, 0.2) is 5.54 Å². The first-order chi connectivity index (χ1) is 8.57. The number of hydrogen-bond acceptors (Lipinski definition) is 6. The lowest BCUT2D eigenvalue weighted by Crippen LogP contribution is -2.55. The highest BCUT2D eigenvalue weighted by Gasteiger charge is 2.44. The Bertz CT molecular complexity index is 467. The van der Waals surface area contributed by atoms with Gasteiger partial charge in [0.05, 0.1) is 6.61 Å². The summed E-state index contributed by atoms with van der Waals surface area (Å²) in [5.41, 5.74) is 4.25. The fraction of sp³-hybridized carbons (Fsp3) is 0.500. The van der Waals surface area contributed by atoms with Crippen LogP contribution in [0.1, 0.15) is 21.9 Å². The first kappa shape index (κ1) is 12.9. The van der Waals surface area contributed by atoms with Crippen molar-refractivity contribution < 1.29 is 19.4 Å². The number of hydrogen-bond donors (Lipinski definition) is 3. The number of aromatic nitrogens is 1. The Morgan fingerprint density at radius 3 is 2.94 bits per heavy atom. The summed E-state index contributed by atoms with van der Waals surface area (Å²) in [7, 11) is 0. The normalized spacial score (nSPS) is 22.9. The van der Waals surface area contributed by atoms with Gasteiger partial charge in [0, 0.05) is 25.0 Å². The number of amides is 1. The molecule has 1 unspecified atom stereocenters. The van der Waals surface area contributed by atoms with Crippen molar-refractivity contribution in [3.63, 3.8) is 0 Å². The number of ether oxygens (including phenoxy) is 1. The topological polar surface area (TPSA) is 115 Å². The van der Waals surface area contributed by atoms with E-state index >= 15 is 0 Å². The van der Waals surface area contributed by atoms with Crippen LogP contribution in [0.4, 0.5) is 0 Å². The second-order valence-electron chi connectivity index (χ2n) is 3.97. The van der Waals surface area contributed by atoms with Crippen LogP contribution in [-0.2, 0) is 16.1 Å². The standard InChI is InChI=1S/C10H13N3O4S/c11-3-7-12-6(4-18-7)8(14)13-10(9(15)16)1-2-17-5-10/h4H,1-3,5,11H2,(H,13,14)(H,15,16). The molecule has 0 bridgehead atoms. The van der Waals surface area contributed by atoms with Crippen molar-refractivity contribution in [2.45, 2.75) is 18.5 Å². The first-order valence-corrected chi connectivity index (χ1v) is 6.23. The maximum atomic E-state index is 11.9. The van der Waals surface area contributed by atoms with E-state index in [4.69, 9.17) is 10.5 Å². The van der Waals surface area contributed by atoms with Gasteiger partial charge in [-0.25, -0.2) is 9.78 Å². The second kappa shape index (κ2) is 5.01. The van der Waals surface area contributed by atoms with Gasteiger partial charge in [-0.3, -0.25) is 4.79 Å². The summed E-state index contributed by atoms with van der Waals surface area (Å²) in [6.07, 6.45) is 0.252. The Morgan fingerprint density at radius 2 is 2.44 bits per heavy atom. The third-order valence-corrected chi connectivity index (χ3v) is 3.61. The zero-order chi connectivity index (χ0) is 13.2. The number of rotatable bonds is 4. The monoisotopic (exact) mass is 271 g/mol. The average Bonchev–Trinajstić information content (AvgIpc) is 2.97. The number of nitrogens with one attached hydrogen (secondary N) is 1. The maximum Gasteiger partial charge on any atom is 0.331 e. The third kappa shape index (κ3) is 2.35. The second-order valence-corrected chi connectivity index (χ2v) is 4.92. The molecule has 7 nitrogen and oxygen atoms in total. The number of aliphatic carboxylic acids is 1. The SMILES string of the molecule is NCc1nc(C(=O)NC2(C(=O)O)CCOC2)cs1. The van der Waals surface area contributed by atoms with E-state index in [9.17, 15) is 14.7 Å². The minimum absolute atomic E-state index is 0.0258. The Hall–Kier alpha value is -1.51. The van der Waals surface area contributed by atoms with Gasteiger partial charge < -0.3 is 20.9 Å². The summed E-state index contributed by atoms with van der Waals surface area (Å²) in [6, 6.07) is 0. The molecule has 4 N–H and O–H groups in total. The molecule has 1 saturated heterocycles. The fourth-order valence-corrected chi connectivity index (χ4v) is 2.33. The van der Waals surface area contributed by atoms with Gasteiger partial charge in [-0.1, -0.05) is 0 Å². The molecule has 1 amide bonds. The van der Waals surface area contributed by atoms with Gasteiger partial charge in [0.2, 0.25) is 0 Å². The van der Waals surface area contributed by atoms with Crippen LogP contribution in [0, 0.1) is 0 Å². The van der Waals surface area contributed by atoms with Crippen LogP contribution in [-0.4, -0.2) is 40.7 Å². The highest BCUT2D eigenvalue weighted by Crippen LogP contribution is 2.20. The summed E-state index contributed by atoms with van der Waals surface area (Å²) >= 11 is 1.27. The number of carboxylic acids is 1. The molecule has 98 valence electrons. The summed E-state index contributed by atoms with van der Waals surface area (Å²) in [4.78, 5) is 27.1. The van der Waals surface area contributed by atoms with Crippen molar-refractivity contribution in [1.29, 1.82) is 0 Å². The molecule has 0 aliphatic carbocycles.